The van der Waals surface area contributed by atoms with Crippen molar-refractivity contribution in [2.45, 2.75) is 38.5 Å². The molecule has 1 saturated heterocycles. The first-order valence-corrected chi connectivity index (χ1v) is 8.37. The van der Waals surface area contributed by atoms with Crippen molar-refractivity contribution in [1.82, 2.24) is 5.32 Å². The lowest BCUT2D eigenvalue weighted by Crippen LogP contribution is -2.43. The highest BCUT2D eigenvalue weighted by Crippen LogP contribution is 2.19. The fourth-order valence-corrected chi connectivity index (χ4v) is 2.90. The summed E-state index contributed by atoms with van der Waals surface area (Å²) >= 11 is 0. The van der Waals surface area contributed by atoms with Crippen LogP contribution in [-0.2, 0) is 20.9 Å². The zero-order valence-electron chi connectivity index (χ0n) is 14.1. The molecule has 0 bridgehead atoms. The first kappa shape index (κ1) is 17.0. The second kappa shape index (κ2) is 7.83. The van der Waals surface area contributed by atoms with E-state index >= 15 is 0 Å². The number of ether oxygens (including phenoxy) is 2. The highest BCUT2D eigenvalue weighted by atomic mass is 16.6. The van der Waals surface area contributed by atoms with Crippen molar-refractivity contribution in [3.8, 4) is 11.1 Å². The maximum atomic E-state index is 11.9. The van der Waals surface area contributed by atoms with E-state index < -0.39 is 6.09 Å². The average molecular weight is 339 g/mol. The van der Waals surface area contributed by atoms with Crippen LogP contribution < -0.4 is 5.32 Å². The van der Waals surface area contributed by atoms with Crippen molar-refractivity contribution in [2.24, 2.45) is 0 Å². The lowest BCUT2D eigenvalue weighted by molar-refractivity contribution is -0.153. The maximum Gasteiger partial charge on any atom is 0.407 e. The molecule has 1 fully saturated rings. The molecular weight excluding hydrogens is 318 g/mol. The van der Waals surface area contributed by atoms with Crippen molar-refractivity contribution < 1.29 is 19.1 Å². The summed E-state index contributed by atoms with van der Waals surface area (Å²) in [5.74, 6) is -0.291. The Hall–Kier alpha value is -2.82. The standard InChI is InChI=1S/C20H21NO4/c1-14-11-18(12-19(22)25-14)21-20(23)24-13-15-7-9-17(10-8-15)16-5-3-2-4-6-16/h2-10,14,18H,11-13H2,1H3,(H,21,23)/t14-,18?/m0/s1. The van der Waals surface area contributed by atoms with Crippen molar-refractivity contribution >= 4 is 12.1 Å². The quantitative estimate of drug-likeness (QED) is 0.863. The monoisotopic (exact) mass is 339 g/mol. The second-order valence-corrected chi connectivity index (χ2v) is 6.22. The van der Waals surface area contributed by atoms with Crippen LogP contribution in [0.15, 0.2) is 54.6 Å². The van der Waals surface area contributed by atoms with Gasteiger partial charge in [0.2, 0.25) is 0 Å². The fraction of sp³-hybridized carbons (Fsp3) is 0.300. The molecule has 0 radical (unpaired) electrons. The van der Waals surface area contributed by atoms with Crippen LogP contribution in [0.2, 0.25) is 0 Å². The number of alkyl carbamates (subject to hydrolysis) is 1. The molecule has 130 valence electrons. The minimum atomic E-state index is -0.515. The Labute approximate surface area is 147 Å². The summed E-state index contributed by atoms with van der Waals surface area (Å²) in [6.45, 7) is 2.00. The Kier molecular flexibility index (Phi) is 5.33. The molecule has 0 aromatic heterocycles. The highest BCUT2D eigenvalue weighted by molar-refractivity contribution is 5.73. The molecule has 1 N–H and O–H groups in total. The molecule has 1 unspecified atom stereocenters. The number of esters is 1. The van der Waals surface area contributed by atoms with Crippen LogP contribution in [0.4, 0.5) is 4.79 Å². The second-order valence-electron chi connectivity index (χ2n) is 6.22. The van der Waals surface area contributed by atoms with E-state index in [0.29, 0.717) is 6.42 Å². The van der Waals surface area contributed by atoms with Gasteiger partial charge in [-0.1, -0.05) is 54.6 Å². The first-order chi connectivity index (χ1) is 12.1. The van der Waals surface area contributed by atoms with Gasteiger partial charge in [-0.2, -0.15) is 0 Å². The average Bonchev–Trinajstić information content (AvgIpc) is 2.60. The number of carbonyl (C=O) groups excluding carboxylic acids is 2. The normalized spacial score (nSPS) is 19.8. The number of benzene rings is 2. The number of hydrogen-bond acceptors (Lipinski definition) is 4. The summed E-state index contributed by atoms with van der Waals surface area (Å²) in [5, 5.41) is 2.73. The van der Waals surface area contributed by atoms with Gasteiger partial charge in [-0.3, -0.25) is 4.79 Å². The highest BCUT2D eigenvalue weighted by Gasteiger charge is 2.27. The molecule has 2 atom stereocenters. The predicted molar refractivity (Wildman–Crippen MR) is 93.8 cm³/mol. The summed E-state index contributed by atoms with van der Waals surface area (Å²) in [5.41, 5.74) is 3.17. The predicted octanol–water partition coefficient (Wildman–Crippen LogP) is 3.67. The number of amides is 1. The van der Waals surface area contributed by atoms with Gasteiger partial charge in [0, 0.05) is 12.5 Å². The van der Waals surface area contributed by atoms with Crippen LogP contribution in [0.25, 0.3) is 11.1 Å². The lowest BCUT2D eigenvalue weighted by Gasteiger charge is -2.26. The van der Waals surface area contributed by atoms with Gasteiger partial charge < -0.3 is 14.8 Å². The summed E-state index contributed by atoms with van der Waals surface area (Å²) in [4.78, 5) is 23.3. The number of rotatable bonds is 4. The van der Waals surface area contributed by atoms with Gasteiger partial charge >= 0.3 is 12.1 Å². The minimum Gasteiger partial charge on any atom is -0.463 e. The molecule has 1 aliphatic rings. The van der Waals surface area contributed by atoms with Gasteiger partial charge in [-0.05, 0) is 23.6 Å². The topological polar surface area (TPSA) is 64.6 Å². The van der Waals surface area contributed by atoms with Crippen LogP contribution in [-0.4, -0.2) is 24.2 Å². The Morgan fingerprint density at radius 2 is 1.80 bits per heavy atom. The van der Waals surface area contributed by atoms with Gasteiger partial charge in [-0.15, -0.1) is 0 Å². The van der Waals surface area contributed by atoms with Gasteiger partial charge in [0.25, 0.3) is 0 Å². The van der Waals surface area contributed by atoms with Crippen LogP contribution in [0.5, 0.6) is 0 Å². The third kappa shape index (κ3) is 4.83. The molecule has 1 amide bonds. The van der Waals surface area contributed by atoms with Gasteiger partial charge in [0.05, 0.1) is 6.42 Å². The van der Waals surface area contributed by atoms with Gasteiger partial charge in [0.1, 0.15) is 12.7 Å². The number of nitrogens with one attached hydrogen (secondary N) is 1. The van der Waals surface area contributed by atoms with E-state index in [1.165, 1.54) is 0 Å². The van der Waals surface area contributed by atoms with Gasteiger partial charge in [-0.25, -0.2) is 4.79 Å². The molecule has 2 aromatic rings. The largest absolute Gasteiger partial charge is 0.463 e. The Morgan fingerprint density at radius 3 is 2.48 bits per heavy atom. The van der Waals surface area contributed by atoms with E-state index in [0.717, 1.165) is 16.7 Å². The van der Waals surface area contributed by atoms with Crippen molar-refractivity contribution in [1.29, 1.82) is 0 Å². The third-order valence-electron chi connectivity index (χ3n) is 4.12. The molecule has 0 spiro atoms. The van der Waals surface area contributed by atoms with E-state index in [4.69, 9.17) is 9.47 Å². The molecule has 25 heavy (non-hydrogen) atoms. The van der Waals surface area contributed by atoms with Crippen molar-refractivity contribution in [2.75, 3.05) is 0 Å². The first-order valence-electron chi connectivity index (χ1n) is 8.37. The van der Waals surface area contributed by atoms with Crippen molar-refractivity contribution in [3.05, 3.63) is 60.2 Å². The Balaban J connectivity index is 1.50. The zero-order valence-corrected chi connectivity index (χ0v) is 14.1. The molecule has 0 aliphatic carbocycles. The smallest absolute Gasteiger partial charge is 0.407 e. The van der Waals surface area contributed by atoms with E-state index in [2.05, 4.69) is 17.4 Å². The summed E-state index contributed by atoms with van der Waals surface area (Å²) in [6, 6.07) is 17.7. The molecule has 5 heteroatoms. The number of carbonyl (C=O) groups is 2. The lowest BCUT2D eigenvalue weighted by atomic mass is 10.0. The van der Waals surface area contributed by atoms with Crippen LogP contribution >= 0.6 is 0 Å². The fourth-order valence-electron chi connectivity index (χ4n) is 2.90. The zero-order chi connectivity index (χ0) is 17.6. The summed E-state index contributed by atoms with van der Waals surface area (Å²) in [7, 11) is 0. The molecule has 1 aliphatic heterocycles. The molecular formula is C20H21NO4. The Bertz CT molecular complexity index is 727. The van der Waals surface area contributed by atoms with E-state index in [1.807, 2.05) is 49.4 Å². The SMILES string of the molecule is C[C@H]1CC(NC(=O)OCc2ccc(-c3ccccc3)cc2)CC(=O)O1. The Morgan fingerprint density at radius 1 is 1.12 bits per heavy atom. The maximum absolute atomic E-state index is 11.9. The summed E-state index contributed by atoms with van der Waals surface area (Å²) in [6.07, 6.45) is 0.0915. The molecule has 0 saturated carbocycles. The number of hydrogen-bond donors (Lipinski definition) is 1. The van der Waals surface area contributed by atoms with E-state index in [1.54, 1.807) is 0 Å². The van der Waals surface area contributed by atoms with Crippen molar-refractivity contribution in [3.63, 3.8) is 0 Å². The molecule has 3 rings (SSSR count). The van der Waals surface area contributed by atoms with E-state index in [9.17, 15) is 9.59 Å². The third-order valence-corrected chi connectivity index (χ3v) is 4.12. The van der Waals surface area contributed by atoms with Crippen LogP contribution in [0.3, 0.4) is 0 Å². The van der Waals surface area contributed by atoms with Gasteiger partial charge in [0.15, 0.2) is 0 Å². The molecule has 1 heterocycles. The van der Waals surface area contributed by atoms with Crippen LogP contribution in [0.1, 0.15) is 25.3 Å². The van der Waals surface area contributed by atoms with E-state index in [-0.39, 0.29) is 31.1 Å². The minimum absolute atomic E-state index is 0.183. The molecule has 2 aromatic carbocycles. The van der Waals surface area contributed by atoms with Crippen LogP contribution in [0, 0.1) is 0 Å². The summed E-state index contributed by atoms with van der Waals surface area (Å²) < 4.78 is 10.3. The number of cyclic esters (lactones) is 1. The molecule has 5 nitrogen and oxygen atoms in total.